The summed E-state index contributed by atoms with van der Waals surface area (Å²) in [5.74, 6) is 0.753. The molecule has 0 fully saturated rings. The van der Waals surface area contributed by atoms with Crippen LogP contribution in [0.15, 0.2) is 158 Å². The smallest absolute Gasteiger partial charge is 0.160 e. The Kier molecular flexibility index (Phi) is 10.7. The normalized spacial score (nSPS) is 11.9. The Morgan fingerprint density at radius 3 is 2.04 bits per heavy atom. The average Bonchev–Trinajstić information content (AvgIpc) is 3.48. The zero-order valence-electron chi connectivity index (χ0n) is 27.1. The van der Waals surface area contributed by atoms with E-state index in [1.54, 1.807) is 11.3 Å². The Balaban J connectivity index is 0.000000202. The second-order valence-corrected chi connectivity index (χ2v) is 12.2. The van der Waals surface area contributed by atoms with Crippen molar-refractivity contribution in [2.45, 2.75) is 34.1 Å². The van der Waals surface area contributed by atoms with Crippen molar-refractivity contribution in [3.05, 3.63) is 169 Å². The lowest BCUT2D eigenvalue weighted by Gasteiger charge is -2.08. The molecule has 6 rings (SSSR count). The van der Waals surface area contributed by atoms with Gasteiger partial charge in [-0.1, -0.05) is 153 Å². The molecule has 0 spiro atoms. The van der Waals surface area contributed by atoms with Gasteiger partial charge in [0.2, 0.25) is 0 Å². The number of hydrogen-bond donors (Lipinski definition) is 0. The third-order valence-corrected chi connectivity index (χ3v) is 8.90. The van der Waals surface area contributed by atoms with E-state index in [0.717, 1.165) is 56.0 Å². The van der Waals surface area contributed by atoms with E-state index in [1.807, 2.05) is 31.2 Å². The van der Waals surface area contributed by atoms with E-state index in [1.165, 1.54) is 26.8 Å². The highest BCUT2D eigenvalue weighted by Crippen LogP contribution is 2.39. The minimum Gasteiger partial charge on any atom is -0.226 e. The number of allylic oxidation sites excluding steroid dienone is 8. The molecule has 0 aliphatic carbocycles. The molecule has 4 aromatic carbocycles. The van der Waals surface area contributed by atoms with Crippen molar-refractivity contribution in [1.82, 2.24) is 9.97 Å². The molecule has 0 atom stereocenters. The first-order chi connectivity index (χ1) is 22.4. The van der Waals surface area contributed by atoms with Crippen LogP contribution in [0.1, 0.15) is 45.2 Å². The maximum Gasteiger partial charge on any atom is 0.160 e. The summed E-state index contributed by atoms with van der Waals surface area (Å²) in [5.41, 5.74) is 11.1. The molecule has 0 N–H and O–H groups in total. The summed E-state index contributed by atoms with van der Waals surface area (Å²) in [4.78, 5) is 9.96. The summed E-state index contributed by atoms with van der Waals surface area (Å²) in [7, 11) is 0. The Morgan fingerprint density at radius 2 is 1.39 bits per heavy atom. The summed E-state index contributed by atoms with van der Waals surface area (Å²) in [6.07, 6.45) is 9.69. The van der Waals surface area contributed by atoms with Crippen molar-refractivity contribution in [3.63, 3.8) is 0 Å². The van der Waals surface area contributed by atoms with E-state index in [9.17, 15) is 0 Å². The maximum atomic E-state index is 4.99. The number of hydrogen-bond acceptors (Lipinski definition) is 3. The van der Waals surface area contributed by atoms with Crippen LogP contribution in [0.2, 0.25) is 0 Å². The van der Waals surface area contributed by atoms with Crippen LogP contribution in [0.3, 0.4) is 0 Å². The number of thiophene rings is 1. The van der Waals surface area contributed by atoms with E-state index < -0.39 is 0 Å². The van der Waals surface area contributed by atoms with Gasteiger partial charge in [0.15, 0.2) is 5.82 Å². The average molecular weight is 617 g/mol. The molecule has 228 valence electrons. The topological polar surface area (TPSA) is 25.8 Å². The maximum absolute atomic E-state index is 4.99. The molecule has 0 aliphatic heterocycles. The SMILES string of the molecule is C=C(/C=C(C)/C(/C=C\CC)=C/C)c1ccccc1.C=C(C)c1ccc(-c2nc(-c3ccccc3)c3sc4ccccc4c3n2)cc1. The first-order valence-electron chi connectivity index (χ1n) is 15.7. The highest BCUT2D eigenvalue weighted by Gasteiger charge is 2.16. The van der Waals surface area contributed by atoms with Gasteiger partial charge in [0, 0.05) is 21.2 Å². The highest BCUT2D eigenvalue weighted by molar-refractivity contribution is 7.26. The molecule has 2 nitrogen and oxygen atoms in total. The first kappa shape index (κ1) is 32.3. The molecule has 2 heterocycles. The predicted octanol–water partition coefficient (Wildman–Crippen LogP) is 12.8. The lowest BCUT2D eigenvalue weighted by Crippen LogP contribution is -1.93. The fourth-order valence-corrected chi connectivity index (χ4v) is 6.35. The van der Waals surface area contributed by atoms with Crippen LogP contribution in [0.25, 0.3) is 54.1 Å². The second kappa shape index (κ2) is 15.2. The van der Waals surface area contributed by atoms with Crippen molar-refractivity contribution in [1.29, 1.82) is 0 Å². The lowest BCUT2D eigenvalue weighted by molar-refractivity contribution is 1.22. The molecule has 0 saturated carbocycles. The molecule has 0 saturated heterocycles. The summed E-state index contributed by atoms with van der Waals surface area (Å²) in [5, 5.41) is 1.18. The molecule has 2 aromatic heterocycles. The fraction of sp³-hybridized carbons (Fsp3) is 0.116. The van der Waals surface area contributed by atoms with Crippen LogP contribution in [-0.2, 0) is 0 Å². The monoisotopic (exact) mass is 616 g/mol. The molecule has 0 aliphatic rings. The van der Waals surface area contributed by atoms with Crippen molar-refractivity contribution in [2.75, 3.05) is 0 Å². The van der Waals surface area contributed by atoms with E-state index in [2.05, 4.69) is 143 Å². The molecule has 3 heteroatoms. The first-order valence-corrected chi connectivity index (χ1v) is 16.5. The summed E-state index contributed by atoms with van der Waals surface area (Å²) in [6.45, 7) is 16.5. The van der Waals surface area contributed by atoms with Gasteiger partial charge in [0.1, 0.15) is 0 Å². The largest absolute Gasteiger partial charge is 0.226 e. The quantitative estimate of drug-likeness (QED) is 0.159. The second-order valence-electron chi connectivity index (χ2n) is 11.2. The Morgan fingerprint density at radius 1 is 0.739 bits per heavy atom. The van der Waals surface area contributed by atoms with Crippen molar-refractivity contribution in [3.8, 4) is 22.6 Å². The lowest BCUT2D eigenvalue weighted by atomic mass is 10.0. The van der Waals surface area contributed by atoms with Crippen molar-refractivity contribution < 1.29 is 0 Å². The molecule has 0 unspecified atom stereocenters. The summed E-state index contributed by atoms with van der Waals surface area (Å²) >= 11 is 1.76. The van der Waals surface area contributed by atoms with Gasteiger partial charge >= 0.3 is 0 Å². The van der Waals surface area contributed by atoms with Gasteiger partial charge in [0.25, 0.3) is 0 Å². The third kappa shape index (κ3) is 7.56. The van der Waals surface area contributed by atoms with Crippen LogP contribution in [0.5, 0.6) is 0 Å². The van der Waals surface area contributed by atoms with Gasteiger partial charge in [-0.3, -0.25) is 0 Å². The van der Waals surface area contributed by atoms with Crippen LogP contribution >= 0.6 is 11.3 Å². The molecular formula is C43H40N2S. The van der Waals surface area contributed by atoms with Gasteiger partial charge in [-0.05, 0) is 61.1 Å². The Labute approximate surface area is 277 Å². The third-order valence-electron chi connectivity index (χ3n) is 7.74. The number of rotatable bonds is 8. The molecule has 46 heavy (non-hydrogen) atoms. The fourth-order valence-electron chi connectivity index (χ4n) is 5.20. The minimum atomic E-state index is 0.753. The Hall–Kier alpha value is -5.12. The Bertz CT molecular complexity index is 2060. The van der Waals surface area contributed by atoms with Gasteiger partial charge in [-0.15, -0.1) is 11.3 Å². The summed E-state index contributed by atoms with van der Waals surface area (Å²) < 4.78 is 2.37. The van der Waals surface area contributed by atoms with Gasteiger partial charge in [-0.25, -0.2) is 9.97 Å². The zero-order valence-corrected chi connectivity index (χ0v) is 27.9. The van der Waals surface area contributed by atoms with Crippen molar-refractivity contribution >= 4 is 42.8 Å². The number of aromatic nitrogens is 2. The van der Waals surface area contributed by atoms with Crippen LogP contribution in [-0.4, -0.2) is 9.97 Å². The van der Waals surface area contributed by atoms with E-state index in [-0.39, 0.29) is 0 Å². The minimum absolute atomic E-state index is 0.753. The van der Waals surface area contributed by atoms with E-state index in [4.69, 9.17) is 9.97 Å². The van der Waals surface area contributed by atoms with Gasteiger partial charge in [-0.2, -0.15) is 0 Å². The van der Waals surface area contributed by atoms with Crippen LogP contribution in [0.4, 0.5) is 0 Å². The molecular weight excluding hydrogens is 577 g/mol. The zero-order chi connectivity index (χ0) is 32.5. The summed E-state index contributed by atoms with van der Waals surface area (Å²) in [6, 6.07) is 37.4. The van der Waals surface area contributed by atoms with Crippen LogP contribution in [0, 0.1) is 0 Å². The van der Waals surface area contributed by atoms with Gasteiger partial charge < -0.3 is 0 Å². The number of fused-ring (bicyclic) bond motifs is 3. The molecule has 0 radical (unpaired) electrons. The molecule has 6 aromatic rings. The number of benzene rings is 4. The number of nitrogens with zero attached hydrogens (tertiary/aromatic N) is 2. The van der Waals surface area contributed by atoms with E-state index >= 15 is 0 Å². The standard InChI is InChI=1S/C25H18N2S.C18H22/c1-16(2)17-12-14-19(15-13-17)25-26-22(18-8-4-3-5-9-18)24-23(27-25)20-10-6-7-11-21(20)28-24;1-5-7-11-17(6-2)15(3)14-16(4)18-12-9-8-10-13-18/h3-15H,1H2,2H3;6-14H,4-5H2,1-3H3/b;11-7-,15-14+,17-6+. The molecule has 0 bridgehead atoms. The van der Waals surface area contributed by atoms with Gasteiger partial charge in [0.05, 0.1) is 15.9 Å². The van der Waals surface area contributed by atoms with E-state index in [0.29, 0.717) is 0 Å². The van der Waals surface area contributed by atoms with Crippen molar-refractivity contribution in [2.24, 2.45) is 0 Å². The molecule has 0 amide bonds. The highest BCUT2D eigenvalue weighted by atomic mass is 32.1. The predicted molar refractivity (Wildman–Crippen MR) is 203 cm³/mol. The van der Waals surface area contributed by atoms with Crippen LogP contribution < -0.4 is 0 Å².